The Morgan fingerprint density at radius 1 is 1.15 bits per heavy atom. The molecule has 2 heterocycles. The van der Waals surface area contributed by atoms with Crippen LogP contribution in [0.4, 0.5) is 0 Å². The van der Waals surface area contributed by atoms with Crippen molar-refractivity contribution in [3.63, 3.8) is 0 Å². The van der Waals surface area contributed by atoms with Gasteiger partial charge in [-0.15, -0.1) is 0 Å². The fourth-order valence-corrected chi connectivity index (χ4v) is 2.82. The molecular weight excluding hydrogens is 248 g/mol. The van der Waals surface area contributed by atoms with Crippen LogP contribution in [0.5, 0.6) is 5.75 Å². The number of ether oxygens (including phenoxy) is 1. The third-order valence-corrected chi connectivity index (χ3v) is 3.92. The summed E-state index contributed by atoms with van der Waals surface area (Å²) in [5.41, 5.74) is 2.23. The Morgan fingerprint density at radius 2 is 1.85 bits per heavy atom. The van der Waals surface area contributed by atoms with E-state index in [4.69, 9.17) is 4.74 Å². The second-order valence-corrected chi connectivity index (χ2v) is 5.85. The molecule has 0 aliphatic carbocycles. The van der Waals surface area contributed by atoms with Crippen LogP contribution in [0.2, 0.25) is 0 Å². The molecule has 1 aromatic heterocycles. The Balaban J connectivity index is 1.86. The second-order valence-electron chi connectivity index (χ2n) is 5.85. The van der Waals surface area contributed by atoms with E-state index in [0.29, 0.717) is 0 Å². The van der Waals surface area contributed by atoms with Gasteiger partial charge in [0, 0.05) is 24.0 Å². The van der Waals surface area contributed by atoms with Gasteiger partial charge in [-0.25, -0.2) is 0 Å². The fraction of sp³-hybridized carbons (Fsp3) is 0.353. The molecule has 2 aromatic rings. The lowest BCUT2D eigenvalue weighted by molar-refractivity contribution is 0.0919. The summed E-state index contributed by atoms with van der Waals surface area (Å²) in [5, 5.41) is 3.69. The maximum Gasteiger partial charge on any atom is 0.125 e. The van der Waals surface area contributed by atoms with Gasteiger partial charge in [-0.1, -0.05) is 18.2 Å². The van der Waals surface area contributed by atoms with Crippen molar-refractivity contribution in [2.75, 3.05) is 0 Å². The molecule has 0 saturated heterocycles. The Kier molecular flexibility index (Phi) is 3.22. The van der Waals surface area contributed by atoms with E-state index >= 15 is 0 Å². The molecule has 1 aliphatic heterocycles. The first kappa shape index (κ1) is 13.1. The van der Waals surface area contributed by atoms with Gasteiger partial charge in [-0.05, 0) is 44.5 Å². The van der Waals surface area contributed by atoms with Crippen LogP contribution in [-0.2, 0) is 0 Å². The number of nitrogens with one attached hydrogen (secondary N) is 1. The molecule has 1 N–H and O–H groups in total. The lowest BCUT2D eigenvalue weighted by atomic mass is 9.93. The Labute approximate surface area is 120 Å². The van der Waals surface area contributed by atoms with Gasteiger partial charge >= 0.3 is 0 Å². The highest BCUT2D eigenvalue weighted by atomic mass is 16.5. The Morgan fingerprint density at radius 3 is 2.60 bits per heavy atom. The molecule has 0 saturated carbocycles. The van der Waals surface area contributed by atoms with Gasteiger partial charge in [-0.3, -0.25) is 10.3 Å². The van der Waals surface area contributed by atoms with Gasteiger partial charge in [-0.2, -0.15) is 0 Å². The van der Waals surface area contributed by atoms with E-state index in [-0.39, 0.29) is 17.7 Å². The van der Waals surface area contributed by atoms with Gasteiger partial charge < -0.3 is 4.74 Å². The molecular formula is C17H20N2O. The summed E-state index contributed by atoms with van der Waals surface area (Å²) in [5.74, 6) is 0.983. The summed E-state index contributed by atoms with van der Waals surface area (Å²) in [6.45, 7) is 6.43. The largest absolute Gasteiger partial charge is 0.486 e. The molecule has 0 amide bonds. The molecule has 104 valence electrons. The standard InChI is InChI=1S/C17H20N2O/c1-12(13-8-10-18-11-9-13)19-16-14-6-4-5-7-15(14)20-17(16,2)3/h4-12,16,19H,1-3H3/t12-,16?/m1/s1. The van der Waals surface area contributed by atoms with Gasteiger partial charge in [0.25, 0.3) is 0 Å². The number of para-hydroxylation sites is 1. The van der Waals surface area contributed by atoms with Crippen LogP contribution in [0.3, 0.4) is 0 Å². The number of rotatable bonds is 3. The molecule has 1 aliphatic rings. The first-order valence-electron chi connectivity index (χ1n) is 7.02. The summed E-state index contributed by atoms with van der Waals surface area (Å²) >= 11 is 0. The lowest BCUT2D eigenvalue weighted by Crippen LogP contribution is -2.40. The molecule has 1 aromatic carbocycles. The quantitative estimate of drug-likeness (QED) is 0.922. The molecule has 2 atom stereocenters. The highest BCUT2D eigenvalue weighted by molar-refractivity contribution is 5.42. The average molecular weight is 268 g/mol. The highest BCUT2D eigenvalue weighted by Gasteiger charge is 2.41. The van der Waals surface area contributed by atoms with E-state index in [1.165, 1.54) is 11.1 Å². The van der Waals surface area contributed by atoms with Crippen LogP contribution < -0.4 is 10.1 Å². The van der Waals surface area contributed by atoms with E-state index in [1.807, 2.05) is 36.7 Å². The van der Waals surface area contributed by atoms with Gasteiger partial charge in [0.1, 0.15) is 11.4 Å². The minimum atomic E-state index is -0.245. The van der Waals surface area contributed by atoms with Crippen LogP contribution in [0.15, 0.2) is 48.8 Å². The van der Waals surface area contributed by atoms with Crippen molar-refractivity contribution in [1.29, 1.82) is 0 Å². The maximum atomic E-state index is 6.07. The van der Waals surface area contributed by atoms with Crippen LogP contribution in [-0.4, -0.2) is 10.6 Å². The minimum Gasteiger partial charge on any atom is -0.486 e. The van der Waals surface area contributed by atoms with Gasteiger partial charge in [0.05, 0.1) is 6.04 Å². The molecule has 3 heteroatoms. The van der Waals surface area contributed by atoms with Gasteiger partial charge in [0.2, 0.25) is 0 Å². The summed E-state index contributed by atoms with van der Waals surface area (Å²) in [4.78, 5) is 4.07. The summed E-state index contributed by atoms with van der Waals surface area (Å²) in [6, 6.07) is 12.8. The van der Waals surface area contributed by atoms with Crippen molar-refractivity contribution < 1.29 is 4.74 Å². The number of benzene rings is 1. The number of nitrogens with zero attached hydrogens (tertiary/aromatic N) is 1. The van der Waals surface area contributed by atoms with Crippen molar-refractivity contribution >= 4 is 0 Å². The average Bonchev–Trinajstić information content (AvgIpc) is 2.70. The van der Waals surface area contributed by atoms with Crippen LogP contribution >= 0.6 is 0 Å². The van der Waals surface area contributed by atoms with E-state index in [9.17, 15) is 0 Å². The van der Waals surface area contributed by atoms with Crippen molar-refractivity contribution in [3.8, 4) is 5.75 Å². The topological polar surface area (TPSA) is 34.1 Å². The summed E-state index contributed by atoms with van der Waals surface area (Å²) in [7, 11) is 0. The van der Waals surface area contributed by atoms with Crippen molar-refractivity contribution in [2.24, 2.45) is 0 Å². The van der Waals surface area contributed by atoms with Gasteiger partial charge in [0.15, 0.2) is 0 Å². The smallest absolute Gasteiger partial charge is 0.125 e. The molecule has 0 bridgehead atoms. The third-order valence-electron chi connectivity index (χ3n) is 3.92. The molecule has 3 rings (SSSR count). The first-order chi connectivity index (χ1) is 9.58. The van der Waals surface area contributed by atoms with Crippen LogP contribution in [0.25, 0.3) is 0 Å². The third kappa shape index (κ3) is 2.29. The molecule has 20 heavy (non-hydrogen) atoms. The predicted octanol–water partition coefficient (Wildman–Crippen LogP) is 3.64. The number of aromatic nitrogens is 1. The number of fused-ring (bicyclic) bond motifs is 1. The lowest BCUT2D eigenvalue weighted by Gasteiger charge is -2.30. The van der Waals surface area contributed by atoms with E-state index in [0.717, 1.165) is 5.75 Å². The highest BCUT2D eigenvalue weighted by Crippen LogP contribution is 2.43. The number of hydrogen-bond acceptors (Lipinski definition) is 3. The summed E-state index contributed by atoms with van der Waals surface area (Å²) in [6.07, 6.45) is 3.66. The Bertz CT molecular complexity index is 595. The van der Waals surface area contributed by atoms with E-state index in [1.54, 1.807) is 0 Å². The van der Waals surface area contributed by atoms with Crippen molar-refractivity contribution in [3.05, 3.63) is 59.9 Å². The zero-order chi connectivity index (χ0) is 14.2. The number of pyridine rings is 1. The molecule has 0 fully saturated rings. The monoisotopic (exact) mass is 268 g/mol. The molecule has 0 radical (unpaired) electrons. The van der Waals surface area contributed by atoms with Crippen LogP contribution in [0.1, 0.15) is 44.0 Å². The fourth-order valence-electron chi connectivity index (χ4n) is 2.82. The second kappa shape index (κ2) is 4.91. The SMILES string of the molecule is C[C@@H](NC1c2ccccc2OC1(C)C)c1ccncc1. The van der Waals surface area contributed by atoms with E-state index in [2.05, 4.69) is 43.2 Å². The molecule has 0 spiro atoms. The summed E-state index contributed by atoms with van der Waals surface area (Å²) < 4.78 is 6.07. The molecule has 1 unspecified atom stereocenters. The predicted molar refractivity (Wildman–Crippen MR) is 79.7 cm³/mol. The first-order valence-corrected chi connectivity index (χ1v) is 7.02. The van der Waals surface area contributed by atoms with E-state index < -0.39 is 0 Å². The Hall–Kier alpha value is -1.87. The van der Waals surface area contributed by atoms with Crippen molar-refractivity contribution in [1.82, 2.24) is 10.3 Å². The molecule has 3 nitrogen and oxygen atoms in total. The zero-order valence-electron chi connectivity index (χ0n) is 12.1. The van der Waals surface area contributed by atoms with Crippen LogP contribution in [0, 0.1) is 0 Å². The zero-order valence-corrected chi connectivity index (χ0v) is 12.1. The maximum absolute atomic E-state index is 6.07. The normalized spacial score (nSPS) is 21.1. The van der Waals surface area contributed by atoms with Crippen molar-refractivity contribution in [2.45, 2.75) is 38.5 Å². The minimum absolute atomic E-state index is 0.182. The number of hydrogen-bond donors (Lipinski definition) is 1.